The van der Waals surface area contributed by atoms with Gasteiger partial charge in [-0.3, -0.25) is 4.31 Å². The number of benzene rings is 1. The Morgan fingerprint density at radius 2 is 2.10 bits per heavy atom. The number of carbonyl (C=O) groups is 1. The van der Waals surface area contributed by atoms with Gasteiger partial charge in [-0.25, -0.2) is 13.2 Å². The fraction of sp³-hybridized carbons (Fsp3) is 0.357. The van der Waals surface area contributed by atoms with Gasteiger partial charge in [0.2, 0.25) is 10.0 Å². The van der Waals surface area contributed by atoms with Crippen molar-refractivity contribution in [1.82, 2.24) is 0 Å². The molecule has 1 aromatic rings. The van der Waals surface area contributed by atoms with E-state index in [1.807, 2.05) is 6.92 Å². The molecule has 1 aliphatic heterocycles. The zero-order valence-electron chi connectivity index (χ0n) is 11.2. The van der Waals surface area contributed by atoms with Gasteiger partial charge in [0.05, 0.1) is 11.4 Å². The molecule has 1 N–H and O–H groups in total. The second-order valence-corrected chi connectivity index (χ2v) is 6.83. The van der Waals surface area contributed by atoms with E-state index in [1.54, 1.807) is 18.2 Å². The average Bonchev–Trinajstić information content (AvgIpc) is 2.38. The molecule has 0 saturated carbocycles. The molecule has 2 rings (SSSR count). The molecule has 1 aromatic carbocycles. The molecule has 6 heteroatoms. The molecule has 1 heterocycles. The fourth-order valence-electron chi connectivity index (χ4n) is 2.23. The normalized spacial score (nSPS) is 18.4. The van der Waals surface area contributed by atoms with Crippen LogP contribution in [-0.2, 0) is 14.8 Å². The van der Waals surface area contributed by atoms with Gasteiger partial charge in [0.25, 0.3) is 0 Å². The maximum Gasteiger partial charge on any atom is 0.328 e. The van der Waals surface area contributed by atoms with Crippen LogP contribution >= 0.6 is 0 Å². The highest BCUT2D eigenvalue weighted by molar-refractivity contribution is 7.92. The Balaban J connectivity index is 2.40. The van der Waals surface area contributed by atoms with Gasteiger partial charge in [0, 0.05) is 12.6 Å². The van der Waals surface area contributed by atoms with Gasteiger partial charge in [-0.05, 0) is 43.0 Å². The van der Waals surface area contributed by atoms with E-state index < -0.39 is 16.0 Å². The van der Waals surface area contributed by atoms with E-state index >= 15 is 0 Å². The Hall–Kier alpha value is -1.82. The molecule has 1 fully saturated rings. The van der Waals surface area contributed by atoms with E-state index in [2.05, 4.69) is 0 Å². The zero-order chi connectivity index (χ0) is 14.8. The largest absolute Gasteiger partial charge is 0.478 e. The average molecular weight is 295 g/mol. The standard InChI is InChI=1S/C14H17NO4S/c1-11-4-5-12(6-7-14(16)17)10-13(11)15-8-2-3-9-20(15,18)19/h4-7,10H,2-3,8-9H2,1H3,(H,16,17)/b7-6+. The van der Waals surface area contributed by atoms with Gasteiger partial charge >= 0.3 is 5.97 Å². The molecule has 0 aliphatic carbocycles. The third-order valence-electron chi connectivity index (χ3n) is 3.27. The van der Waals surface area contributed by atoms with Crippen molar-refractivity contribution in [1.29, 1.82) is 0 Å². The van der Waals surface area contributed by atoms with Crippen LogP contribution in [0.25, 0.3) is 6.08 Å². The van der Waals surface area contributed by atoms with Crippen LogP contribution in [0.4, 0.5) is 5.69 Å². The van der Waals surface area contributed by atoms with E-state index in [0.29, 0.717) is 24.2 Å². The molecule has 0 radical (unpaired) electrons. The van der Waals surface area contributed by atoms with E-state index in [1.165, 1.54) is 10.4 Å². The number of aryl methyl sites for hydroxylation is 1. The van der Waals surface area contributed by atoms with Crippen molar-refractivity contribution < 1.29 is 18.3 Å². The van der Waals surface area contributed by atoms with E-state index in [9.17, 15) is 13.2 Å². The smallest absolute Gasteiger partial charge is 0.328 e. The summed E-state index contributed by atoms with van der Waals surface area (Å²) in [5, 5.41) is 8.64. The quantitative estimate of drug-likeness (QED) is 0.866. The van der Waals surface area contributed by atoms with E-state index in [-0.39, 0.29) is 5.75 Å². The zero-order valence-corrected chi connectivity index (χ0v) is 12.1. The maximum absolute atomic E-state index is 12.1. The lowest BCUT2D eigenvalue weighted by molar-refractivity contribution is -0.131. The fourth-order valence-corrected chi connectivity index (χ4v) is 3.92. The van der Waals surface area contributed by atoms with Gasteiger partial charge in [-0.15, -0.1) is 0 Å². The lowest BCUT2D eigenvalue weighted by Crippen LogP contribution is -2.38. The molecule has 1 saturated heterocycles. The summed E-state index contributed by atoms with van der Waals surface area (Å²) in [6, 6.07) is 5.30. The number of hydrogen-bond acceptors (Lipinski definition) is 3. The lowest BCUT2D eigenvalue weighted by Gasteiger charge is -2.29. The number of nitrogens with zero attached hydrogens (tertiary/aromatic N) is 1. The van der Waals surface area contributed by atoms with Crippen LogP contribution in [0.3, 0.4) is 0 Å². The SMILES string of the molecule is Cc1ccc(/C=C/C(=O)O)cc1N1CCCCS1(=O)=O. The summed E-state index contributed by atoms with van der Waals surface area (Å²) in [6.07, 6.45) is 4.03. The monoisotopic (exact) mass is 295 g/mol. The van der Waals surface area contributed by atoms with Crippen LogP contribution in [0.2, 0.25) is 0 Å². The maximum atomic E-state index is 12.1. The van der Waals surface area contributed by atoms with Crippen molar-refractivity contribution in [2.24, 2.45) is 0 Å². The Morgan fingerprint density at radius 3 is 2.75 bits per heavy atom. The van der Waals surface area contributed by atoms with Gasteiger partial charge in [0.1, 0.15) is 0 Å². The Labute approximate surface area is 118 Å². The first-order valence-corrected chi connectivity index (χ1v) is 8.03. The Bertz CT molecular complexity index is 649. The molecule has 0 bridgehead atoms. The molecule has 0 atom stereocenters. The van der Waals surface area contributed by atoms with E-state index in [0.717, 1.165) is 18.1 Å². The minimum atomic E-state index is -3.25. The first-order chi connectivity index (χ1) is 9.40. The summed E-state index contributed by atoms with van der Waals surface area (Å²) >= 11 is 0. The number of aliphatic carboxylic acids is 1. The summed E-state index contributed by atoms with van der Waals surface area (Å²) in [7, 11) is -3.25. The predicted octanol–water partition coefficient (Wildman–Crippen LogP) is 2.02. The van der Waals surface area contributed by atoms with Gasteiger partial charge < -0.3 is 5.11 Å². The summed E-state index contributed by atoms with van der Waals surface area (Å²) < 4.78 is 25.7. The van der Waals surface area contributed by atoms with Crippen molar-refractivity contribution in [3.63, 3.8) is 0 Å². The molecular weight excluding hydrogens is 278 g/mol. The third kappa shape index (κ3) is 3.19. The second-order valence-electron chi connectivity index (χ2n) is 4.81. The highest BCUT2D eigenvalue weighted by Gasteiger charge is 2.27. The highest BCUT2D eigenvalue weighted by atomic mass is 32.2. The van der Waals surface area contributed by atoms with Crippen LogP contribution in [-0.4, -0.2) is 31.8 Å². The van der Waals surface area contributed by atoms with Crippen LogP contribution in [0.1, 0.15) is 24.0 Å². The predicted molar refractivity (Wildman–Crippen MR) is 78.2 cm³/mol. The van der Waals surface area contributed by atoms with Crippen LogP contribution in [0.15, 0.2) is 24.3 Å². The molecule has 1 aliphatic rings. The van der Waals surface area contributed by atoms with Crippen molar-refractivity contribution in [3.8, 4) is 0 Å². The number of carboxylic acid groups (broad SMARTS) is 1. The number of hydrogen-bond donors (Lipinski definition) is 1. The molecule has 0 amide bonds. The van der Waals surface area contributed by atoms with Crippen molar-refractivity contribution in [2.45, 2.75) is 19.8 Å². The molecule has 0 unspecified atom stereocenters. The Morgan fingerprint density at radius 1 is 1.35 bits per heavy atom. The molecule has 5 nitrogen and oxygen atoms in total. The van der Waals surface area contributed by atoms with Crippen molar-refractivity contribution in [2.75, 3.05) is 16.6 Å². The molecule has 0 spiro atoms. The second kappa shape index (κ2) is 5.66. The molecule has 20 heavy (non-hydrogen) atoms. The number of sulfonamides is 1. The van der Waals surface area contributed by atoms with Crippen LogP contribution < -0.4 is 4.31 Å². The van der Waals surface area contributed by atoms with Crippen LogP contribution in [0.5, 0.6) is 0 Å². The first-order valence-electron chi connectivity index (χ1n) is 6.42. The van der Waals surface area contributed by atoms with Crippen molar-refractivity contribution in [3.05, 3.63) is 35.4 Å². The molecule has 0 aromatic heterocycles. The number of anilines is 1. The van der Waals surface area contributed by atoms with Gasteiger partial charge in [-0.1, -0.05) is 12.1 Å². The Kier molecular flexibility index (Phi) is 4.13. The van der Waals surface area contributed by atoms with E-state index in [4.69, 9.17) is 5.11 Å². The summed E-state index contributed by atoms with van der Waals surface area (Å²) in [5.74, 6) is -0.862. The van der Waals surface area contributed by atoms with Gasteiger partial charge in [-0.2, -0.15) is 0 Å². The minimum Gasteiger partial charge on any atom is -0.478 e. The molecule has 108 valence electrons. The van der Waals surface area contributed by atoms with Gasteiger partial charge in [0.15, 0.2) is 0 Å². The third-order valence-corrected chi connectivity index (χ3v) is 5.12. The van der Waals surface area contributed by atoms with Crippen molar-refractivity contribution >= 4 is 27.8 Å². The first kappa shape index (κ1) is 14.6. The lowest BCUT2D eigenvalue weighted by atomic mass is 10.1. The summed E-state index contributed by atoms with van der Waals surface area (Å²) in [4.78, 5) is 10.5. The minimum absolute atomic E-state index is 0.168. The highest BCUT2D eigenvalue weighted by Crippen LogP contribution is 2.28. The summed E-state index contributed by atoms with van der Waals surface area (Å²) in [5.41, 5.74) is 2.17. The topological polar surface area (TPSA) is 74.7 Å². The molecular formula is C14H17NO4S. The number of rotatable bonds is 3. The van der Waals surface area contributed by atoms with Crippen LogP contribution in [0, 0.1) is 6.92 Å². The number of carboxylic acids is 1. The summed E-state index contributed by atoms with van der Waals surface area (Å²) in [6.45, 7) is 2.33.